The normalized spacial score (nSPS) is 11.2. The highest BCUT2D eigenvalue weighted by Crippen LogP contribution is 2.32. The fourth-order valence-electron chi connectivity index (χ4n) is 3.44. The topological polar surface area (TPSA) is 75.7 Å². The predicted molar refractivity (Wildman–Crippen MR) is 144 cm³/mol. The quantitative estimate of drug-likeness (QED) is 0.348. The maximum Gasteiger partial charge on any atom is 0.264 e. The molecule has 0 heterocycles. The lowest BCUT2D eigenvalue weighted by Gasteiger charge is -2.25. The lowest BCUT2D eigenvalue weighted by Crippen LogP contribution is -2.41. The maximum absolute atomic E-state index is 13.5. The molecule has 0 bridgehead atoms. The Morgan fingerprint density at radius 2 is 1.57 bits per heavy atom. The van der Waals surface area contributed by atoms with Crippen molar-refractivity contribution >= 4 is 33.4 Å². The monoisotopic (exact) mass is 512 g/mol. The molecule has 3 aromatic rings. The van der Waals surface area contributed by atoms with Gasteiger partial charge in [0.1, 0.15) is 12.3 Å². The van der Waals surface area contributed by atoms with Crippen LogP contribution in [0.4, 0.5) is 5.69 Å². The molecule has 0 radical (unpaired) electrons. The molecule has 0 aromatic heterocycles. The number of hydrogen-bond acceptors (Lipinski definition) is 5. The minimum atomic E-state index is -3.98. The number of aryl methyl sites for hydroxylation is 2. The van der Waals surface area contributed by atoms with Crippen molar-refractivity contribution in [2.75, 3.05) is 30.3 Å². The van der Waals surface area contributed by atoms with Crippen LogP contribution in [0.3, 0.4) is 0 Å². The zero-order chi connectivity index (χ0) is 25.3. The molecule has 1 amide bonds. The fraction of sp³-hybridized carbons (Fsp3) is 0.296. The third-order valence-electron chi connectivity index (χ3n) is 5.43. The minimum absolute atomic E-state index is 0.120. The molecule has 0 saturated heterocycles. The third kappa shape index (κ3) is 7.50. The van der Waals surface area contributed by atoms with E-state index in [1.54, 1.807) is 48.5 Å². The van der Waals surface area contributed by atoms with Gasteiger partial charge in [0.05, 0.1) is 17.7 Å². The number of para-hydroxylation sites is 2. The van der Waals surface area contributed by atoms with Gasteiger partial charge in [-0.25, -0.2) is 8.42 Å². The molecular formula is C27H32N2O4S2. The van der Waals surface area contributed by atoms with Gasteiger partial charge >= 0.3 is 0 Å². The Balaban J connectivity index is 1.62. The number of sulfonamides is 1. The molecular weight excluding hydrogens is 480 g/mol. The molecule has 0 saturated carbocycles. The summed E-state index contributed by atoms with van der Waals surface area (Å²) in [7, 11) is -2.51. The van der Waals surface area contributed by atoms with E-state index in [1.165, 1.54) is 18.2 Å². The number of carbonyl (C=O) groups is 1. The zero-order valence-corrected chi connectivity index (χ0v) is 22.0. The van der Waals surface area contributed by atoms with Crippen LogP contribution in [0.25, 0.3) is 0 Å². The molecule has 8 heteroatoms. The van der Waals surface area contributed by atoms with Gasteiger partial charge in [0.2, 0.25) is 5.91 Å². The van der Waals surface area contributed by atoms with Gasteiger partial charge in [-0.3, -0.25) is 9.10 Å². The van der Waals surface area contributed by atoms with E-state index in [-0.39, 0.29) is 17.3 Å². The van der Waals surface area contributed by atoms with Gasteiger partial charge in [-0.2, -0.15) is 11.8 Å². The smallest absolute Gasteiger partial charge is 0.264 e. The van der Waals surface area contributed by atoms with Crippen molar-refractivity contribution in [2.45, 2.75) is 30.9 Å². The van der Waals surface area contributed by atoms with Crippen molar-refractivity contribution in [1.82, 2.24) is 5.32 Å². The Bertz CT molecular complexity index is 1210. The Kier molecular flexibility index (Phi) is 9.63. The van der Waals surface area contributed by atoms with Crippen LogP contribution in [0.15, 0.2) is 77.7 Å². The number of nitrogens with one attached hydrogen (secondary N) is 1. The second kappa shape index (κ2) is 12.7. The predicted octanol–water partition coefficient (Wildman–Crippen LogP) is 4.95. The van der Waals surface area contributed by atoms with Crippen LogP contribution in [0.2, 0.25) is 0 Å². The summed E-state index contributed by atoms with van der Waals surface area (Å²) in [5.74, 6) is 1.83. The Morgan fingerprint density at radius 3 is 2.23 bits per heavy atom. The summed E-state index contributed by atoms with van der Waals surface area (Å²) in [6.07, 6.45) is 0.793. The number of hydrogen-bond donors (Lipinski definition) is 1. The highest BCUT2D eigenvalue weighted by Gasteiger charge is 2.29. The Morgan fingerprint density at radius 1 is 0.943 bits per heavy atom. The second-order valence-electron chi connectivity index (χ2n) is 8.24. The van der Waals surface area contributed by atoms with Crippen molar-refractivity contribution in [2.24, 2.45) is 0 Å². The molecule has 3 aromatic carbocycles. The van der Waals surface area contributed by atoms with E-state index in [1.807, 2.05) is 18.7 Å². The molecule has 0 spiro atoms. The van der Waals surface area contributed by atoms with Gasteiger partial charge in [0, 0.05) is 12.3 Å². The summed E-state index contributed by atoms with van der Waals surface area (Å²) in [5, 5.41) is 2.86. The van der Waals surface area contributed by atoms with Gasteiger partial charge < -0.3 is 10.1 Å². The summed E-state index contributed by atoms with van der Waals surface area (Å²) in [6, 6.07) is 21.8. The highest BCUT2D eigenvalue weighted by molar-refractivity contribution is 7.98. The first-order chi connectivity index (χ1) is 16.8. The van der Waals surface area contributed by atoms with Crippen LogP contribution in [-0.4, -0.2) is 40.3 Å². The maximum atomic E-state index is 13.5. The first kappa shape index (κ1) is 26.6. The summed E-state index contributed by atoms with van der Waals surface area (Å²) in [4.78, 5) is 12.9. The number of anilines is 1. The lowest BCUT2D eigenvalue weighted by molar-refractivity contribution is -0.119. The second-order valence-corrected chi connectivity index (χ2v) is 11.2. The van der Waals surface area contributed by atoms with E-state index in [0.29, 0.717) is 18.0 Å². The molecule has 0 unspecified atom stereocenters. The summed E-state index contributed by atoms with van der Waals surface area (Å²) in [5.41, 5.74) is 3.79. The standard InChI is InChI=1S/C27H32N2O4S2/c1-21-9-13-23(14-10-21)20-34-18-6-17-28-27(30)19-29(25-7-4-5-8-26(25)33-3)35(31,32)24-15-11-22(2)12-16-24/h4-5,7-16H,6,17-20H2,1-3H3,(H,28,30). The highest BCUT2D eigenvalue weighted by atomic mass is 32.2. The molecule has 3 rings (SSSR count). The largest absolute Gasteiger partial charge is 0.495 e. The number of thioether (sulfide) groups is 1. The molecule has 186 valence electrons. The molecule has 0 fully saturated rings. The molecule has 0 atom stereocenters. The SMILES string of the molecule is COc1ccccc1N(CC(=O)NCCCSCc1ccc(C)cc1)S(=O)(=O)c1ccc(C)cc1. The van der Waals surface area contributed by atoms with Crippen molar-refractivity contribution in [1.29, 1.82) is 0 Å². The van der Waals surface area contributed by atoms with Gasteiger partial charge in [-0.1, -0.05) is 59.7 Å². The van der Waals surface area contributed by atoms with Gasteiger partial charge in [0.15, 0.2) is 0 Å². The average Bonchev–Trinajstić information content (AvgIpc) is 2.86. The number of methoxy groups -OCH3 is 1. The summed E-state index contributed by atoms with van der Waals surface area (Å²) < 4.78 is 33.5. The van der Waals surface area contributed by atoms with Crippen LogP contribution in [0.1, 0.15) is 23.1 Å². The van der Waals surface area contributed by atoms with Crippen LogP contribution >= 0.6 is 11.8 Å². The average molecular weight is 513 g/mol. The van der Waals surface area contributed by atoms with E-state index in [2.05, 4.69) is 36.5 Å². The third-order valence-corrected chi connectivity index (χ3v) is 8.32. The van der Waals surface area contributed by atoms with E-state index >= 15 is 0 Å². The zero-order valence-electron chi connectivity index (χ0n) is 20.4. The molecule has 1 N–H and O–H groups in total. The van der Waals surface area contributed by atoms with Gasteiger partial charge in [-0.05, 0) is 55.9 Å². The van der Waals surface area contributed by atoms with Gasteiger partial charge in [0.25, 0.3) is 10.0 Å². The van der Waals surface area contributed by atoms with E-state index < -0.39 is 10.0 Å². The van der Waals surface area contributed by atoms with E-state index in [0.717, 1.165) is 27.8 Å². The van der Waals surface area contributed by atoms with Crippen molar-refractivity contribution in [3.63, 3.8) is 0 Å². The molecule has 0 aliphatic heterocycles. The number of nitrogens with zero attached hydrogens (tertiary/aromatic N) is 1. The van der Waals surface area contributed by atoms with E-state index in [9.17, 15) is 13.2 Å². The number of amides is 1. The molecule has 35 heavy (non-hydrogen) atoms. The number of rotatable bonds is 12. The molecule has 0 aliphatic carbocycles. The Hall–Kier alpha value is -2.97. The molecule has 0 aliphatic rings. The van der Waals surface area contributed by atoms with Crippen LogP contribution in [0.5, 0.6) is 5.75 Å². The van der Waals surface area contributed by atoms with Crippen molar-refractivity contribution in [3.8, 4) is 5.75 Å². The van der Waals surface area contributed by atoms with Gasteiger partial charge in [-0.15, -0.1) is 0 Å². The minimum Gasteiger partial charge on any atom is -0.495 e. The summed E-state index contributed by atoms with van der Waals surface area (Å²) >= 11 is 1.81. The Labute approximate surface area is 212 Å². The van der Waals surface area contributed by atoms with Crippen LogP contribution < -0.4 is 14.4 Å². The number of benzene rings is 3. The number of carbonyl (C=O) groups excluding carboxylic acids is 1. The first-order valence-corrected chi connectivity index (χ1v) is 14.0. The van der Waals surface area contributed by atoms with Crippen molar-refractivity contribution < 1.29 is 17.9 Å². The van der Waals surface area contributed by atoms with E-state index in [4.69, 9.17) is 4.74 Å². The summed E-state index contributed by atoms with van der Waals surface area (Å²) in [6.45, 7) is 4.10. The van der Waals surface area contributed by atoms with Crippen molar-refractivity contribution in [3.05, 3.63) is 89.5 Å². The van der Waals surface area contributed by atoms with Crippen LogP contribution in [-0.2, 0) is 20.6 Å². The fourth-order valence-corrected chi connectivity index (χ4v) is 5.79. The van der Waals surface area contributed by atoms with Crippen LogP contribution in [0, 0.1) is 13.8 Å². The number of ether oxygens (including phenoxy) is 1. The lowest BCUT2D eigenvalue weighted by atomic mass is 10.2. The molecule has 6 nitrogen and oxygen atoms in total. The first-order valence-electron chi connectivity index (χ1n) is 11.4.